The molecule has 182 valence electrons. The van der Waals surface area contributed by atoms with E-state index in [1.165, 1.54) is 11.1 Å². The molecule has 0 saturated carbocycles. The van der Waals surface area contributed by atoms with Crippen LogP contribution in [0.25, 0.3) is 0 Å². The number of nitrogens with zero attached hydrogens (tertiary/aromatic N) is 3. The standard InChI is InChI=1S/C25H45N5O2/c1-4-7-17-31-19-20-32-18-12-27-25(26-5-2)28-21-23-10-8-9-11-24(23)22-30-15-13-29(6-3)14-16-30/h8-11H,4-7,12-22H2,1-3H3,(H2,26,27,28). The molecule has 1 saturated heterocycles. The topological polar surface area (TPSA) is 61.4 Å². The maximum Gasteiger partial charge on any atom is 0.191 e. The lowest BCUT2D eigenvalue weighted by Crippen LogP contribution is -2.45. The fraction of sp³-hybridized carbons (Fsp3) is 0.720. The number of likely N-dealkylation sites (N-methyl/N-ethyl adjacent to an activating group) is 1. The highest BCUT2D eigenvalue weighted by atomic mass is 16.5. The van der Waals surface area contributed by atoms with Gasteiger partial charge in [-0.2, -0.15) is 0 Å². The molecule has 1 aliphatic heterocycles. The zero-order valence-electron chi connectivity index (χ0n) is 20.6. The quantitative estimate of drug-likeness (QED) is 0.245. The van der Waals surface area contributed by atoms with Gasteiger partial charge in [0.05, 0.1) is 26.4 Å². The van der Waals surface area contributed by atoms with Crippen molar-refractivity contribution in [2.24, 2.45) is 4.99 Å². The predicted molar refractivity (Wildman–Crippen MR) is 133 cm³/mol. The molecule has 2 N–H and O–H groups in total. The van der Waals surface area contributed by atoms with Gasteiger partial charge < -0.3 is 25.0 Å². The molecule has 1 aromatic rings. The van der Waals surface area contributed by atoms with Crippen molar-refractivity contribution in [2.75, 3.05) is 72.2 Å². The number of aliphatic imine (C=N–C) groups is 1. The van der Waals surface area contributed by atoms with Gasteiger partial charge in [0, 0.05) is 52.4 Å². The molecule has 7 nitrogen and oxygen atoms in total. The second-order valence-corrected chi connectivity index (χ2v) is 8.18. The lowest BCUT2D eigenvalue weighted by Gasteiger charge is -2.34. The molecular weight excluding hydrogens is 402 g/mol. The van der Waals surface area contributed by atoms with E-state index in [9.17, 15) is 0 Å². The smallest absolute Gasteiger partial charge is 0.191 e. The van der Waals surface area contributed by atoms with Crippen LogP contribution < -0.4 is 10.6 Å². The Morgan fingerprint density at radius 1 is 0.875 bits per heavy atom. The van der Waals surface area contributed by atoms with E-state index >= 15 is 0 Å². The molecule has 1 aromatic carbocycles. The zero-order chi connectivity index (χ0) is 22.9. The van der Waals surface area contributed by atoms with Crippen LogP contribution in [0.1, 0.15) is 44.7 Å². The molecule has 0 bridgehead atoms. The number of hydrogen-bond donors (Lipinski definition) is 2. The second-order valence-electron chi connectivity index (χ2n) is 8.18. The molecule has 1 aliphatic rings. The van der Waals surface area contributed by atoms with E-state index in [1.807, 2.05) is 0 Å². The van der Waals surface area contributed by atoms with E-state index in [0.29, 0.717) is 26.4 Å². The monoisotopic (exact) mass is 447 g/mol. The number of guanidine groups is 1. The molecule has 0 radical (unpaired) electrons. The highest BCUT2D eigenvalue weighted by molar-refractivity contribution is 5.79. The van der Waals surface area contributed by atoms with Crippen molar-refractivity contribution in [3.05, 3.63) is 35.4 Å². The molecule has 0 amide bonds. The van der Waals surface area contributed by atoms with E-state index in [0.717, 1.165) is 77.8 Å². The lowest BCUT2D eigenvalue weighted by atomic mass is 10.1. The van der Waals surface area contributed by atoms with Crippen LogP contribution in [0.3, 0.4) is 0 Å². The zero-order valence-corrected chi connectivity index (χ0v) is 20.6. The highest BCUT2D eigenvalue weighted by Crippen LogP contribution is 2.14. The summed E-state index contributed by atoms with van der Waals surface area (Å²) in [5.41, 5.74) is 2.67. The summed E-state index contributed by atoms with van der Waals surface area (Å²) >= 11 is 0. The number of piperazine rings is 1. The first kappa shape index (κ1) is 26.6. The number of rotatable bonds is 15. The van der Waals surface area contributed by atoms with Crippen LogP contribution in [0.5, 0.6) is 0 Å². The minimum Gasteiger partial charge on any atom is -0.379 e. The Kier molecular flexibility index (Phi) is 14.0. The van der Waals surface area contributed by atoms with Crippen LogP contribution in [-0.2, 0) is 22.6 Å². The summed E-state index contributed by atoms with van der Waals surface area (Å²) in [5.74, 6) is 0.835. The van der Waals surface area contributed by atoms with Crippen LogP contribution in [0.2, 0.25) is 0 Å². The summed E-state index contributed by atoms with van der Waals surface area (Å²) in [6.45, 7) is 18.3. The Morgan fingerprint density at radius 3 is 2.25 bits per heavy atom. The van der Waals surface area contributed by atoms with Gasteiger partial charge in [-0.05, 0) is 31.0 Å². The Bertz CT molecular complexity index is 633. The Balaban J connectivity index is 1.76. The summed E-state index contributed by atoms with van der Waals surface area (Å²) in [7, 11) is 0. The van der Waals surface area contributed by atoms with Crippen molar-refractivity contribution >= 4 is 5.96 Å². The largest absolute Gasteiger partial charge is 0.379 e. The highest BCUT2D eigenvalue weighted by Gasteiger charge is 2.16. The molecule has 0 aromatic heterocycles. The van der Waals surface area contributed by atoms with Gasteiger partial charge in [0.25, 0.3) is 0 Å². The summed E-state index contributed by atoms with van der Waals surface area (Å²) in [4.78, 5) is 9.89. The van der Waals surface area contributed by atoms with E-state index in [4.69, 9.17) is 14.5 Å². The van der Waals surface area contributed by atoms with Gasteiger partial charge in [0.15, 0.2) is 5.96 Å². The van der Waals surface area contributed by atoms with E-state index in [2.05, 4.69) is 65.5 Å². The second kappa shape index (κ2) is 16.9. The number of ether oxygens (including phenoxy) is 2. The average Bonchev–Trinajstić information content (AvgIpc) is 2.82. The fourth-order valence-electron chi connectivity index (χ4n) is 3.69. The van der Waals surface area contributed by atoms with Gasteiger partial charge in [0.1, 0.15) is 0 Å². The third-order valence-electron chi connectivity index (χ3n) is 5.73. The molecular formula is C25H45N5O2. The first-order chi connectivity index (χ1) is 15.8. The molecule has 0 aliphatic carbocycles. The summed E-state index contributed by atoms with van der Waals surface area (Å²) < 4.78 is 11.2. The number of nitrogens with one attached hydrogen (secondary N) is 2. The molecule has 0 unspecified atom stereocenters. The third kappa shape index (κ3) is 10.8. The third-order valence-corrected chi connectivity index (χ3v) is 5.73. The predicted octanol–water partition coefficient (Wildman–Crippen LogP) is 2.71. The minimum atomic E-state index is 0.638. The molecule has 32 heavy (non-hydrogen) atoms. The van der Waals surface area contributed by atoms with Crippen molar-refractivity contribution in [3.8, 4) is 0 Å². The Morgan fingerprint density at radius 2 is 1.56 bits per heavy atom. The van der Waals surface area contributed by atoms with Crippen LogP contribution >= 0.6 is 0 Å². The molecule has 1 heterocycles. The van der Waals surface area contributed by atoms with Crippen LogP contribution in [0.4, 0.5) is 0 Å². The molecule has 2 rings (SSSR count). The van der Waals surface area contributed by atoms with Gasteiger partial charge in [-0.1, -0.05) is 44.5 Å². The summed E-state index contributed by atoms with van der Waals surface area (Å²) in [6.07, 6.45) is 2.28. The minimum absolute atomic E-state index is 0.638. The maximum absolute atomic E-state index is 5.65. The molecule has 7 heteroatoms. The van der Waals surface area contributed by atoms with Gasteiger partial charge in [-0.3, -0.25) is 4.90 Å². The van der Waals surface area contributed by atoms with E-state index < -0.39 is 0 Å². The number of unbranched alkanes of at least 4 members (excludes halogenated alkanes) is 1. The Hall–Kier alpha value is -1.67. The van der Waals surface area contributed by atoms with Gasteiger partial charge in [0.2, 0.25) is 0 Å². The van der Waals surface area contributed by atoms with Crippen molar-refractivity contribution in [1.82, 2.24) is 20.4 Å². The van der Waals surface area contributed by atoms with Crippen LogP contribution in [-0.4, -0.2) is 88.0 Å². The fourth-order valence-corrected chi connectivity index (χ4v) is 3.69. The Labute approximate surface area is 195 Å². The van der Waals surface area contributed by atoms with Crippen molar-refractivity contribution < 1.29 is 9.47 Å². The van der Waals surface area contributed by atoms with E-state index in [1.54, 1.807) is 0 Å². The summed E-state index contributed by atoms with van der Waals surface area (Å²) in [5, 5.41) is 6.70. The number of hydrogen-bond acceptors (Lipinski definition) is 5. The first-order valence-corrected chi connectivity index (χ1v) is 12.5. The summed E-state index contributed by atoms with van der Waals surface area (Å²) in [6, 6.07) is 8.69. The van der Waals surface area contributed by atoms with Crippen LogP contribution in [0, 0.1) is 0 Å². The van der Waals surface area contributed by atoms with Gasteiger partial charge in [-0.15, -0.1) is 0 Å². The normalized spacial score (nSPS) is 15.8. The van der Waals surface area contributed by atoms with Crippen molar-refractivity contribution in [2.45, 2.75) is 46.7 Å². The van der Waals surface area contributed by atoms with E-state index in [-0.39, 0.29) is 0 Å². The maximum atomic E-state index is 5.65. The number of benzene rings is 1. The molecule has 0 spiro atoms. The first-order valence-electron chi connectivity index (χ1n) is 12.5. The lowest BCUT2D eigenvalue weighted by molar-refractivity contribution is 0.0487. The average molecular weight is 448 g/mol. The van der Waals surface area contributed by atoms with Gasteiger partial charge >= 0.3 is 0 Å². The van der Waals surface area contributed by atoms with Crippen molar-refractivity contribution in [1.29, 1.82) is 0 Å². The van der Waals surface area contributed by atoms with Gasteiger partial charge in [-0.25, -0.2) is 4.99 Å². The SMILES string of the molecule is CCCCOCCOCCNC(=NCc1ccccc1CN1CCN(CC)CC1)NCC. The molecule has 1 fully saturated rings. The van der Waals surface area contributed by atoms with Crippen LogP contribution in [0.15, 0.2) is 29.3 Å². The molecule has 0 atom stereocenters. The van der Waals surface area contributed by atoms with Crippen molar-refractivity contribution in [3.63, 3.8) is 0 Å².